The van der Waals surface area contributed by atoms with Crippen molar-refractivity contribution < 1.29 is 23.9 Å². The third kappa shape index (κ3) is 4.93. The highest BCUT2D eigenvalue weighted by Gasteiger charge is 2.31. The van der Waals surface area contributed by atoms with Crippen molar-refractivity contribution in [1.82, 2.24) is 0 Å². The van der Waals surface area contributed by atoms with Crippen molar-refractivity contribution >= 4 is 29.2 Å². The Morgan fingerprint density at radius 1 is 1.17 bits per heavy atom. The second-order valence-electron chi connectivity index (χ2n) is 6.73. The van der Waals surface area contributed by atoms with Crippen LogP contribution in [0.1, 0.15) is 37.0 Å². The number of esters is 1. The Morgan fingerprint density at radius 3 is 2.76 bits per heavy atom. The van der Waals surface area contributed by atoms with E-state index in [4.69, 9.17) is 9.47 Å². The van der Waals surface area contributed by atoms with Gasteiger partial charge in [-0.1, -0.05) is 25.1 Å². The number of anilines is 2. The largest absolute Gasteiger partial charge is 0.479 e. The molecule has 3 rings (SSSR count). The molecule has 0 aliphatic carbocycles. The van der Waals surface area contributed by atoms with Gasteiger partial charge < -0.3 is 19.7 Å². The Kier molecular flexibility index (Phi) is 6.49. The van der Waals surface area contributed by atoms with Gasteiger partial charge in [0.25, 0.3) is 5.91 Å². The standard InChI is InChI=1S/C22H24N2O5/c1-3-13-28-22(27)16-7-6-8-17(14-16)23-20(25)11-12-24-18-9-4-5-10-19(18)29-15(2)21(24)26/h4-10,14-15H,3,11-13H2,1-2H3,(H,23,25). The summed E-state index contributed by atoms with van der Waals surface area (Å²) in [6, 6.07) is 13.8. The summed E-state index contributed by atoms with van der Waals surface area (Å²) < 4.78 is 10.7. The molecule has 1 heterocycles. The summed E-state index contributed by atoms with van der Waals surface area (Å²) in [5.41, 5.74) is 1.54. The summed E-state index contributed by atoms with van der Waals surface area (Å²) in [7, 11) is 0. The number of hydrogen-bond acceptors (Lipinski definition) is 5. The normalized spacial score (nSPS) is 15.3. The van der Waals surface area contributed by atoms with Gasteiger partial charge in [-0.2, -0.15) is 0 Å². The minimum Gasteiger partial charge on any atom is -0.479 e. The fourth-order valence-corrected chi connectivity index (χ4v) is 3.03. The quantitative estimate of drug-likeness (QED) is 0.725. The van der Waals surface area contributed by atoms with Crippen molar-refractivity contribution in [2.45, 2.75) is 32.8 Å². The zero-order valence-electron chi connectivity index (χ0n) is 16.5. The molecule has 2 aromatic carbocycles. The lowest BCUT2D eigenvalue weighted by Gasteiger charge is -2.32. The van der Waals surface area contributed by atoms with Crippen molar-refractivity contribution in [3.8, 4) is 5.75 Å². The van der Waals surface area contributed by atoms with Gasteiger partial charge in [0, 0.05) is 18.7 Å². The molecule has 0 aromatic heterocycles. The number of carbonyl (C=O) groups excluding carboxylic acids is 3. The average molecular weight is 396 g/mol. The Bertz CT molecular complexity index is 912. The number of nitrogens with zero attached hydrogens (tertiary/aromatic N) is 1. The first-order chi connectivity index (χ1) is 14.0. The minimum atomic E-state index is -0.598. The first kappa shape index (κ1) is 20.4. The second-order valence-corrected chi connectivity index (χ2v) is 6.73. The van der Waals surface area contributed by atoms with Crippen molar-refractivity contribution in [1.29, 1.82) is 0 Å². The lowest BCUT2D eigenvalue weighted by atomic mass is 10.1. The molecule has 0 bridgehead atoms. The average Bonchev–Trinajstić information content (AvgIpc) is 2.72. The number of carbonyl (C=O) groups is 3. The van der Waals surface area contributed by atoms with E-state index >= 15 is 0 Å². The van der Waals surface area contributed by atoms with Crippen LogP contribution in [-0.2, 0) is 14.3 Å². The molecule has 1 aliphatic heterocycles. The molecular weight excluding hydrogens is 372 g/mol. The molecule has 0 saturated heterocycles. The van der Waals surface area contributed by atoms with Crippen LogP contribution in [0, 0.1) is 0 Å². The maximum atomic E-state index is 12.5. The molecule has 1 N–H and O–H groups in total. The molecule has 0 radical (unpaired) electrons. The first-order valence-corrected chi connectivity index (χ1v) is 9.63. The summed E-state index contributed by atoms with van der Waals surface area (Å²) in [6.07, 6.45) is 0.250. The monoisotopic (exact) mass is 396 g/mol. The zero-order valence-corrected chi connectivity index (χ0v) is 16.5. The molecule has 0 fully saturated rings. The Labute approximate surface area is 169 Å². The third-order valence-electron chi connectivity index (χ3n) is 4.46. The summed E-state index contributed by atoms with van der Waals surface area (Å²) in [4.78, 5) is 38.4. The van der Waals surface area contributed by atoms with Gasteiger partial charge in [0.1, 0.15) is 5.75 Å². The van der Waals surface area contributed by atoms with E-state index < -0.39 is 12.1 Å². The van der Waals surface area contributed by atoms with Crippen LogP contribution >= 0.6 is 0 Å². The molecule has 0 spiro atoms. The molecule has 29 heavy (non-hydrogen) atoms. The number of fused-ring (bicyclic) bond motifs is 1. The van der Waals surface area contributed by atoms with Gasteiger partial charge in [0.2, 0.25) is 5.91 Å². The van der Waals surface area contributed by atoms with Crippen LogP contribution < -0.4 is 15.0 Å². The number of nitrogens with one attached hydrogen (secondary N) is 1. The van der Waals surface area contributed by atoms with E-state index in [0.29, 0.717) is 29.3 Å². The number of amides is 2. The van der Waals surface area contributed by atoms with E-state index in [9.17, 15) is 14.4 Å². The lowest BCUT2D eigenvalue weighted by Crippen LogP contribution is -2.45. The van der Waals surface area contributed by atoms with Crippen molar-refractivity contribution in [3.05, 3.63) is 54.1 Å². The molecule has 152 valence electrons. The van der Waals surface area contributed by atoms with Gasteiger partial charge in [-0.25, -0.2) is 4.79 Å². The van der Waals surface area contributed by atoms with E-state index in [1.807, 2.05) is 19.1 Å². The Hall–Kier alpha value is -3.35. The predicted molar refractivity (Wildman–Crippen MR) is 109 cm³/mol. The van der Waals surface area contributed by atoms with E-state index in [-0.39, 0.29) is 24.8 Å². The van der Waals surface area contributed by atoms with Crippen LogP contribution in [0.5, 0.6) is 5.75 Å². The van der Waals surface area contributed by atoms with Gasteiger partial charge in [0.15, 0.2) is 6.10 Å². The molecule has 2 aromatic rings. The van der Waals surface area contributed by atoms with Crippen molar-refractivity contribution in [2.24, 2.45) is 0 Å². The van der Waals surface area contributed by atoms with Crippen molar-refractivity contribution in [2.75, 3.05) is 23.4 Å². The number of rotatable bonds is 7. The molecule has 7 nitrogen and oxygen atoms in total. The Morgan fingerprint density at radius 2 is 1.97 bits per heavy atom. The summed E-state index contributed by atoms with van der Waals surface area (Å²) >= 11 is 0. The topological polar surface area (TPSA) is 84.9 Å². The molecule has 0 saturated carbocycles. The lowest BCUT2D eigenvalue weighted by molar-refractivity contribution is -0.125. The third-order valence-corrected chi connectivity index (χ3v) is 4.46. The maximum Gasteiger partial charge on any atom is 0.338 e. The van der Waals surface area contributed by atoms with Crippen LogP contribution in [0.15, 0.2) is 48.5 Å². The van der Waals surface area contributed by atoms with Gasteiger partial charge in [-0.3, -0.25) is 9.59 Å². The van der Waals surface area contributed by atoms with Crippen LogP contribution in [0.25, 0.3) is 0 Å². The summed E-state index contributed by atoms with van der Waals surface area (Å²) in [5, 5.41) is 2.77. The molecule has 1 unspecified atom stereocenters. The van der Waals surface area contributed by atoms with E-state index in [0.717, 1.165) is 6.42 Å². The van der Waals surface area contributed by atoms with Crippen molar-refractivity contribution in [3.63, 3.8) is 0 Å². The van der Waals surface area contributed by atoms with E-state index in [1.54, 1.807) is 48.2 Å². The van der Waals surface area contributed by atoms with Gasteiger partial charge in [-0.15, -0.1) is 0 Å². The van der Waals surface area contributed by atoms with Gasteiger partial charge in [0.05, 0.1) is 17.9 Å². The van der Waals surface area contributed by atoms with Crippen LogP contribution in [0.3, 0.4) is 0 Å². The van der Waals surface area contributed by atoms with Gasteiger partial charge in [-0.05, 0) is 43.7 Å². The van der Waals surface area contributed by atoms with E-state index in [1.165, 1.54) is 0 Å². The van der Waals surface area contributed by atoms with Crippen LogP contribution in [0.2, 0.25) is 0 Å². The van der Waals surface area contributed by atoms with E-state index in [2.05, 4.69) is 5.32 Å². The molecule has 1 aliphatic rings. The molecule has 1 atom stereocenters. The first-order valence-electron chi connectivity index (χ1n) is 9.63. The smallest absolute Gasteiger partial charge is 0.338 e. The second kappa shape index (κ2) is 9.23. The van der Waals surface area contributed by atoms with Crippen LogP contribution in [-0.4, -0.2) is 37.0 Å². The summed E-state index contributed by atoms with van der Waals surface area (Å²) in [6.45, 7) is 4.19. The Balaban J connectivity index is 1.62. The highest BCUT2D eigenvalue weighted by atomic mass is 16.5. The van der Waals surface area contributed by atoms with Crippen LogP contribution in [0.4, 0.5) is 11.4 Å². The number of hydrogen-bond donors (Lipinski definition) is 1. The number of para-hydroxylation sites is 2. The zero-order chi connectivity index (χ0) is 20.8. The highest BCUT2D eigenvalue weighted by molar-refractivity contribution is 6.01. The fourth-order valence-electron chi connectivity index (χ4n) is 3.03. The SMILES string of the molecule is CCCOC(=O)c1cccc(NC(=O)CCN2C(=O)C(C)Oc3ccccc32)c1. The number of benzene rings is 2. The maximum absolute atomic E-state index is 12.5. The predicted octanol–water partition coefficient (Wildman–Crippen LogP) is 3.40. The van der Waals surface area contributed by atoms with Gasteiger partial charge >= 0.3 is 5.97 Å². The fraction of sp³-hybridized carbons (Fsp3) is 0.318. The molecule has 2 amide bonds. The molecule has 7 heteroatoms. The highest BCUT2D eigenvalue weighted by Crippen LogP contribution is 2.33. The minimum absolute atomic E-state index is 0.108. The number of ether oxygens (including phenoxy) is 2. The summed E-state index contributed by atoms with van der Waals surface area (Å²) in [5.74, 6) is -0.239. The molecular formula is C22H24N2O5.